The Morgan fingerprint density at radius 2 is 0.882 bits per heavy atom. The van der Waals surface area contributed by atoms with Crippen LogP contribution in [0.1, 0.15) is 22.3 Å². The zero-order chi connectivity index (χ0) is 23.7. The fourth-order valence-electron chi connectivity index (χ4n) is 4.51. The summed E-state index contributed by atoms with van der Waals surface area (Å²) in [6.07, 6.45) is 0. The molecule has 1 aliphatic rings. The van der Waals surface area contributed by atoms with E-state index in [4.69, 9.17) is 0 Å². The van der Waals surface area contributed by atoms with E-state index >= 15 is 0 Å². The minimum atomic E-state index is -0.0484. The lowest BCUT2D eigenvalue weighted by atomic mass is 9.92. The zero-order valence-corrected chi connectivity index (χ0v) is 17.9. The van der Waals surface area contributed by atoms with Crippen LogP contribution in [-0.4, -0.2) is 0 Å². The van der Waals surface area contributed by atoms with E-state index in [-0.39, 0.29) is 5.57 Å². The predicted octanol–water partition coefficient (Wildman–Crippen LogP) is 6.59. The van der Waals surface area contributed by atoms with Gasteiger partial charge in [-0.1, -0.05) is 60.7 Å². The van der Waals surface area contributed by atoms with E-state index in [0.29, 0.717) is 27.8 Å². The van der Waals surface area contributed by atoms with Crippen LogP contribution < -0.4 is 0 Å². The van der Waals surface area contributed by atoms with Gasteiger partial charge in [-0.3, -0.25) is 0 Å². The molecule has 0 aliphatic heterocycles. The number of hydrogen-bond donors (Lipinski definition) is 0. The van der Waals surface area contributed by atoms with Crippen LogP contribution in [0.15, 0.2) is 90.5 Å². The molecular weight excluding hydrogens is 416 g/mol. The molecule has 0 heterocycles. The molecule has 0 aromatic heterocycles. The molecule has 0 fully saturated rings. The Kier molecular flexibility index (Phi) is 4.97. The van der Waals surface area contributed by atoms with Crippen LogP contribution in [0.4, 0.5) is 0 Å². The lowest BCUT2D eigenvalue weighted by molar-refractivity contribution is 1.45. The molecular formula is C30H14N4. The van der Waals surface area contributed by atoms with Gasteiger partial charge in [0.15, 0.2) is 0 Å². The largest absolute Gasteiger partial charge is 0.192 e. The van der Waals surface area contributed by atoms with Gasteiger partial charge in [0.1, 0.15) is 17.7 Å². The second-order valence-corrected chi connectivity index (χ2v) is 7.82. The molecule has 4 heteroatoms. The topological polar surface area (TPSA) is 95.2 Å². The van der Waals surface area contributed by atoms with Crippen LogP contribution in [0, 0.1) is 45.3 Å². The van der Waals surface area contributed by atoms with Gasteiger partial charge in [0.2, 0.25) is 0 Å². The van der Waals surface area contributed by atoms with Crippen molar-refractivity contribution in [2.45, 2.75) is 0 Å². The Morgan fingerprint density at radius 1 is 0.471 bits per heavy atom. The molecule has 0 atom stereocenters. The fraction of sp³-hybridized carbons (Fsp3) is 0. The average molecular weight is 430 g/mol. The fourth-order valence-corrected chi connectivity index (χ4v) is 4.51. The molecule has 1 aliphatic carbocycles. The lowest BCUT2D eigenvalue weighted by Gasteiger charge is -2.10. The van der Waals surface area contributed by atoms with Crippen molar-refractivity contribution in [2.75, 3.05) is 0 Å². The van der Waals surface area contributed by atoms with Crippen LogP contribution >= 0.6 is 0 Å². The summed E-state index contributed by atoms with van der Waals surface area (Å²) in [5, 5.41) is 39.2. The van der Waals surface area contributed by atoms with E-state index in [1.54, 1.807) is 12.1 Å². The standard InChI is InChI=1S/C30H14N4/c31-15-21-11-28-26(13-24(21)19-7-3-1-4-8-19)27-14-25(20-9-5-2-6-10-20)22(16-32)12-29(27)30(28)23(17-33)18-34/h1-14H. The van der Waals surface area contributed by atoms with Crippen LogP contribution in [0.2, 0.25) is 0 Å². The SMILES string of the molecule is N#CC(C#N)=C1c2cc(C#N)c(-c3ccccc3)cc2-c2cc(-c3ccccc3)c(C#N)cc21. The molecule has 0 saturated heterocycles. The summed E-state index contributed by atoms with van der Waals surface area (Å²) in [7, 11) is 0. The maximum atomic E-state index is 9.90. The minimum absolute atomic E-state index is 0.0484. The van der Waals surface area contributed by atoms with E-state index < -0.39 is 0 Å². The predicted molar refractivity (Wildman–Crippen MR) is 129 cm³/mol. The summed E-state index contributed by atoms with van der Waals surface area (Å²) < 4.78 is 0. The third-order valence-corrected chi connectivity index (χ3v) is 6.03. The van der Waals surface area contributed by atoms with E-state index in [9.17, 15) is 21.0 Å². The second-order valence-electron chi connectivity index (χ2n) is 7.82. The van der Waals surface area contributed by atoms with E-state index in [1.807, 2.05) is 84.9 Å². The number of hydrogen-bond acceptors (Lipinski definition) is 4. The first kappa shape index (κ1) is 20.5. The molecule has 34 heavy (non-hydrogen) atoms. The maximum Gasteiger partial charge on any atom is 0.138 e. The van der Waals surface area contributed by atoms with Crippen LogP contribution in [0.3, 0.4) is 0 Å². The number of nitriles is 4. The summed E-state index contributed by atoms with van der Waals surface area (Å²) in [6.45, 7) is 0. The van der Waals surface area contributed by atoms with Gasteiger partial charge < -0.3 is 0 Å². The van der Waals surface area contributed by atoms with Crippen LogP contribution in [0.5, 0.6) is 0 Å². The highest BCUT2D eigenvalue weighted by Crippen LogP contribution is 2.49. The minimum Gasteiger partial charge on any atom is -0.192 e. The van der Waals surface area contributed by atoms with Gasteiger partial charge in [0.05, 0.1) is 23.3 Å². The second kappa shape index (κ2) is 8.26. The van der Waals surface area contributed by atoms with Gasteiger partial charge in [0, 0.05) is 16.7 Å². The van der Waals surface area contributed by atoms with Gasteiger partial charge >= 0.3 is 0 Å². The van der Waals surface area contributed by atoms with Gasteiger partial charge in [-0.25, -0.2) is 0 Å². The Hall–Kier alpha value is -5.42. The van der Waals surface area contributed by atoms with Crippen molar-refractivity contribution in [1.82, 2.24) is 0 Å². The molecule has 0 amide bonds. The summed E-state index contributed by atoms with van der Waals surface area (Å²) in [6, 6.07) is 35.2. The van der Waals surface area contributed by atoms with Crippen molar-refractivity contribution in [3.8, 4) is 57.7 Å². The third kappa shape index (κ3) is 3.13. The highest BCUT2D eigenvalue weighted by molar-refractivity contribution is 6.07. The normalized spacial score (nSPS) is 10.8. The van der Waals surface area contributed by atoms with Crippen molar-refractivity contribution in [3.05, 3.63) is 113 Å². The van der Waals surface area contributed by atoms with Crippen molar-refractivity contribution < 1.29 is 0 Å². The monoisotopic (exact) mass is 430 g/mol. The number of rotatable bonds is 2. The smallest absolute Gasteiger partial charge is 0.138 e. The van der Waals surface area contributed by atoms with Crippen molar-refractivity contribution in [3.63, 3.8) is 0 Å². The average Bonchev–Trinajstić information content (AvgIpc) is 3.21. The summed E-state index contributed by atoms with van der Waals surface area (Å²) in [5.74, 6) is 0. The first-order chi connectivity index (χ1) is 16.7. The number of fused-ring (bicyclic) bond motifs is 3. The van der Waals surface area contributed by atoms with Gasteiger partial charge in [-0.05, 0) is 57.6 Å². The molecule has 4 nitrogen and oxygen atoms in total. The van der Waals surface area contributed by atoms with Gasteiger partial charge in [-0.15, -0.1) is 0 Å². The zero-order valence-electron chi connectivity index (χ0n) is 17.9. The molecule has 4 aromatic carbocycles. The van der Waals surface area contributed by atoms with Crippen molar-refractivity contribution in [2.24, 2.45) is 0 Å². The highest BCUT2D eigenvalue weighted by Gasteiger charge is 2.30. The lowest BCUT2D eigenvalue weighted by Crippen LogP contribution is -1.92. The van der Waals surface area contributed by atoms with Crippen LogP contribution in [-0.2, 0) is 0 Å². The summed E-state index contributed by atoms with van der Waals surface area (Å²) >= 11 is 0. The highest BCUT2D eigenvalue weighted by atomic mass is 14.4. The van der Waals surface area contributed by atoms with Crippen molar-refractivity contribution in [1.29, 1.82) is 21.0 Å². The van der Waals surface area contributed by atoms with Gasteiger partial charge in [0.25, 0.3) is 0 Å². The first-order valence-corrected chi connectivity index (χ1v) is 10.5. The van der Waals surface area contributed by atoms with E-state index in [2.05, 4.69) is 12.1 Å². The number of nitrogens with zero attached hydrogens (tertiary/aromatic N) is 4. The molecule has 0 bridgehead atoms. The molecule has 0 N–H and O–H groups in total. The van der Waals surface area contributed by atoms with E-state index in [1.165, 1.54) is 0 Å². The van der Waals surface area contributed by atoms with Crippen molar-refractivity contribution >= 4 is 5.57 Å². The first-order valence-electron chi connectivity index (χ1n) is 10.5. The molecule has 0 unspecified atom stereocenters. The Morgan fingerprint density at radius 3 is 1.24 bits per heavy atom. The van der Waals surface area contributed by atoms with Gasteiger partial charge in [-0.2, -0.15) is 21.0 Å². The third-order valence-electron chi connectivity index (χ3n) is 6.03. The molecule has 0 radical (unpaired) electrons. The summed E-state index contributed by atoms with van der Waals surface area (Å²) in [4.78, 5) is 0. The summed E-state index contributed by atoms with van der Waals surface area (Å²) in [5.41, 5.74) is 7.62. The number of benzene rings is 4. The Labute approximate surface area is 197 Å². The molecule has 154 valence electrons. The van der Waals surface area contributed by atoms with E-state index in [0.717, 1.165) is 33.4 Å². The van der Waals surface area contributed by atoms with Crippen LogP contribution in [0.25, 0.3) is 39.0 Å². The molecule has 0 spiro atoms. The molecule has 0 saturated carbocycles. The Bertz CT molecular complexity index is 1540. The maximum absolute atomic E-state index is 9.90. The molecule has 4 aromatic rings. The Balaban J connectivity index is 1.89. The quantitative estimate of drug-likeness (QED) is 0.295. The number of allylic oxidation sites excluding steroid dienone is 1. The molecule has 5 rings (SSSR count).